The maximum Gasteiger partial charge on any atom is 0.326 e. The van der Waals surface area contributed by atoms with Crippen molar-refractivity contribution in [2.24, 2.45) is 0 Å². The van der Waals surface area contributed by atoms with E-state index >= 15 is 0 Å². The maximum atomic E-state index is 11.2. The second kappa shape index (κ2) is 4.74. The second-order valence-corrected chi connectivity index (χ2v) is 3.03. The Labute approximate surface area is 126 Å². The molecule has 0 spiro atoms. The molecule has 0 fully saturated rings. The molecule has 0 unspecified atom stereocenters. The summed E-state index contributed by atoms with van der Waals surface area (Å²) in [6.07, 6.45) is 0. The molecule has 6 heteroatoms. The van der Waals surface area contributed by atoms with Gasteiger partial charge in [0.15, 0.2) is 0 Å². The van der Waals surface area contributed by atoms with Crippen molar-refractivity contribution in [3.63, 3.8) is 0 Å². The SMILES string of the molecule is O=c1[nH]c(=O)c2cc(Cl)ccc2[nH]1.[K]. The van der Waals surface area contributed by atoms with Crippen LogP contribution in [0.1, 0.15) is 0 Å². The van der Waals surface area contributed by atoms with E-state index in [2.05, 4.69) is 9.97 Å². The van der Waals surface area contributed by atoms with Crippen molar-refractivity contribution in [3.05, 3.63) is 44.1 Å². The third-order valence-electron chi connectivity index (χ3n) is 1.70. The average molecular weight is 236 g/mol. The van der Waals surface area contributed by atoms with Crippen molar-refractivity contribution in [3.8, 4) is 0 Å². The van der Waals surface area contributed by atoms with Gasteiger partial charge in [-0.1, -0.05) is 11.6 Å². The molecule has 1 aromatic heterocycles. The van der Waals surface area contributed by atoms with Gasteiger partial charge in [0.1, 0.15) is 0 Å². The van der Waals surface area contributed by atoms with E-state index in [1.165, 1.54) is 6.07 Å². The van der Waals surface area contributed by atoms with Crippen LogP contribution in [0.5, 0.6) is 0 Å². The van der Waals surface area contributed by atoms with Crippen LogP contribution in [0, 0.1) is 0 Å². The number of H-pyrrole nitrogens is 2. The molecule has 4 nitrogen and oxygen atoms in total. The first-order valence-electron chi connectivity index (χ1n) is 3.59. The van der Waals surface area contributed by atoms with Crippen LogP contribution in [-0.2, 0) is 0 Å². The molecule has 1 aromatic carbocycles. The molecule has 0 saturated heterocycles. The predicted molar refractivity (Wildman–Crippen MR) is 56.0 cm³/mol. The molecular formula is C8H5ClKN2O2. The van der Waals surface area contributed by atoms with E-state index in [0.29, 0.717) is 15.9 Å². The van der Waals surface area contributed by atoms with E-state index in [4.69, 9.17) is 11.6 Å². The van der Waals surface area contributed by atoms with E-state index in [1.54, 1.807) is 12.1 Å². The zero-order valence-corrected chi connectivity index (χ0v) is 11.3. The minimum Gasteiger partial charge on any atom is -0.307 e. The Kier molecular flexibility index (Phi) is 4.11. The summed E-state index contributed by atoms with van der Waals surface area (Å²) in [5, 5.41) is 0.845. The van der Waals surface area contributed by atoms with Crippen molar-refractivity contribution in [2.45, 2.75) is 0 Å². The number of halogens is 1. The summed E-state index contributed by atoms with van der Waals surface area (Å²) in [5.74, 6) is 0. The summed E-state index contributed by atoms with van der Waals surface area (Å²) in [6, 6.07) is 4.71. The van der Waals surface area contributed by atoms with Crippen LogP contribution in [0.25, 0.3) is 10.9 Å². The summed E-state index contributed by atoms with van der Waals surface area (Å²) < 4.78 is 0. The van der Waals surface area contributed by atoms with Crippen LogP contribution in [-0.4, -0.2) is 61.4 Å². The molecule has 0 aliphatic rings. The van der Waals surface area contributed by atoms with E-state index in [9.17, 15) is 9.59 Å². The molecule has 2 N–H and O–H groups in total. The molecule has 0 saturated carbocycles. The fraction of sp³-hybridized carbons (Fsp3) is 0. The average Bonchev–Trinajstić information content (AvgIpc) is 2.06. The Balaban J connectivity index is 0.000000980. The van der Waals surface area contributed by atoms with Gasteiger partial charge in [0, 0.05) is 56.4 Å². The molecule has 0 amide bonds. The number of rotatable bonds is 0. The van der Waals surface area contributed by atoms with E-state index < -0.39 is 11.2 Å². The van der Waals surface area contributed by atoms with Gasteiger partial charge in [0.2, 0.25) is 0 Å². The fourth-order valence-corrected chi connectivity index (χ4v) is 1.31. The normalized spacial score (nSPS) is 9.79. The monoisotopic (exact) mass is 235 g/mol. The fourth-order valence-electron chi connectivity index (χ4n) is 1.14. The summed E-state index contributed by atoms with van der Waals surface area (Å²) in [6.45, 7) is 0. The molecule has 1 radical (unpaired) electrons. The van der Waals surface area contributed by atoms with Gasteiger partial charge < -0.3 is 4.98 Å². The summed E-state index contributed by atoms with van der Waals surface area (Å²) in [5.41, 5.74) is -0.459. The number of benzene rings is 1. The molecule has 1 heterocycles. The molecule has 2 rings (SSSR count). The van der Waals surface area contributed by atoms with Gasteiger partial charge in [0.05, 0.1) is 10.9 Å². The Morgan fingerprint density at radius 2 is 1.86 bits per heavy atom. The summed E-state index contributed by atoms with van der Waals surface area (Å²) in [7, 11) is 0. The van der Waals surface area contributed by atoms with Crippen molar-refractivity contribution in [2.75, 3.05) is 0 Å². The van der Waals surface area contributed by atoms with Crippen molar-refractivity contribution in [1.29, 1.82) is 0 Å². The van der Waals surface area contributed by atoms with E-state index in [0.717, 1.165) is 0 Å². The Hall–Kier alpha value is 0.0864. The van der Waals surface area contributed by atoms with Gasteiger partial charge in [-0.2, -0.15) is 0 Å². The first-order chi connectivity index (χ1) is 6.16. The molecule has 0 bridgehead atoms. The minimum absolute atomic E-state index is 0. The largest absolute Gasteiger partial charge is 0.326 e. The van der Waals surface area contributed by atoms with Gasteiger partial charge in [-0.3, -0.25) is 9.78 Å². The zero-order valence-electron chi connectivity index (χ0n) is 7.43. The quantitative estimate of drug-likeness (QED) is 0.653. The molecule has 0 aliphatic carbocycles. The van der Waals surface area contributed by atoms with Crippen LogP contribution in [0.15, 0.2) is 27.8 Å². The summed E-state index contributed by atoms with van der Waals surface area (Å²) in [4.78, 5) is 26.7. The number of hydrogen-bond acceptors (Lipinski definition) is 2. The smallest absolute Gasteiger partial charge is 0.307 e. The van der Waals surface area contributed by atoms with Gasteiger partial charge >= 0.3 is 5.69 Å². The maximum absolute atomic E-state index is 11.2. The second-order valence-electron chi connectivity index (χ2n) is 2.60. The minimum atomic E-state index is -0.514. The Bertz CT molecular complexity index is 575. The van der Waals surface area contributed by atoms with E-state index in [-0.39, 0.29) is 51.4 Å². The van der Waals surface area contributed by atoms with Gasteiger partial charge in [-0.15, -0.1) is 0 Å². The van der Waals surface area contributed by atoms with Crippen LogP contribution < -0.4 is 11.2 Å². The van der Waals surface area contributed by atoms with Crippen molar-refractivity contribution in [1.82, 2.24) is 9.97 Å². The molecule has 14 heavy (non-hydrogen) atoms. The van der Waals surface area contributed by atoms with Crippen LogP contribution >= 0.6 is 11.6 Å². The van der Waals surface area contributed by atoms with Crippen LogP contribution in [0.2, 0.25) is 5.02 Å². The zero-order chi connectivity index (χ0) is 9.42. The third kappa shape index (κ3) is 2.36. The molecule has 0 aliphatic heterocycles. The van der Waals surface area contributed by atoms with Crippen molar-refractivity contribution < 1.29 is 0 Å². The molecule has 0 atom stereocenters. The Morgan fingerprint density at radius 3 is 2.57 bits per heavy atom. The third-order valence-corrected chi connectivity index (χ3v) is 1.94. The van der Waals surface area contributed by atoms with Crippen molar-refractivity contribution >= 4 is 73.9 Å². The number of aromatic nitrogens is 2. The Morgan fingerprint density at radius 1 is 1.14 bits per heavy atom. The number of fused-ring (bicyclic) bond motifs is 1. The molecule has 67 valence electrons. The molecular weight excluding hydrogens is 231 g/mol. The standard InChI is InChI=1S/C8H5ClN2O2.K/c9-4-1-2-6-5(3-4)7(12)11-8(13)10-6;/h1-3H,(H2,10,11,12,13);. The predicted octanol–water partition coefficient (Wildman–Crippen LogP) is 0.489. The van der Waals surface area contributed by atoms with Gasteiger partial charge in [0.25, 0.3) is 5.56 Å². The van der Waals surface area contributed by atoms with E-state index in [1.807, 2.05) is 0 Å². The van der Waals surface area contributed by atoms with Crippen LogP contribution in [0.3, 0.4) is 0 Å². The first kappa shape index (κ1) is 12.2. The van der Waals surface area contributed by atoms with Gasteiger partial charge in [-0.05, 0) is 18.2 Å². The van der Waals surface area contributed by atoms with Gasteiger partial charge in [-0.25, -0.2) is 4.79 Å². The first-order valence-corrected chi connectivity index (χ1v) is 3.96. The number of hydrogen-bond donors (Lipinski definition) is 2. The topological polar surface area (TPSA) is 65.7 Å². The summed E-state index contributed by atoms with van der Waals surface area (Å²) >= 11 is 5.69. The molecule has 2 aromatic rings. The number of nitrogens with one attached hydrogen (secondary N) is 2. The van der Waals surface area contributed by atoms with Crippen LogP contribution in [0.4, 0.5) is 0 Å². The number of aromatic amines is 2.